The molecule has 0 bridgehead atoms. The summed E-state index contributed by atoms with van der Waals surface area (Å²) in [5, 5.41) is 14.4. The van der Waals surface area contributed by atoms with E-state index in [0.717, 1.165) is 0 Å². The standard InChI is InChI=1S/C20H20N2O7/c1-12-5-4-6-14(18(12)24)19(25)28-11-17(23)22-20(26)21-9-13-10-27-15-7-2-3-8-16(15)29-13/h2-8,13,24H,9-11H2,1H3,(H2,21,22,23,26). The van der Waals surface area contributed by atoms with Gasteiger partial charge in [-0.25, -0.2) is 9.59 Å². The summed E-state index contributed by atoms with van der Waals surface area (Å²) in [6, 6.07) is 11.0. The zero-order valence-electron chi connectivity index (χ0n) is 15.6. The van der Waals surface area contributed by atoms with E-state index in [-0.39, 0.29) is 24.5 Å². The Morgan fingerprint density at radius 3 is 2.69 bits per heavy atom. The summed E-state index contributed by atoms with van der Waals surface area (Å²) in [7, 11) is 0. The van der Waals surface area contributed by atoms with Gasteiger partial charge in [-0.05, 0) is 30.7 Å². The number of phenolic OH excluding ortho intramolecular Hbond substituents is 1. The molecule has 2 aromatic rings. The molecule has 1 atom stereocenters. The zero-order chi connectivity index (χ0) is 20.8. The van der Waals surface area contributed by atoms with E-state index in [1.54, 1.807) is 37.3 Å². The fraction of sp³-hybridized carbons (Fsp3) is 0.250. The Bertz CT molecular complexity index is 929. The van der Waals surface area contributed by atoms with Gasteiger partial charge in [-0.3, -0.25) is 10.1 Å². The molecule has 1 unspecified atom stereocenters. The molecule has 3 rings (SSSR count). The number of para-hydroxylation sites is 3. The van der Waals surface area contributed by atoms with Crippen LogP contribution in [0.1, 0.15) is 15.9 Å². The van der Waals surface area contributed by atoms with Crippen LogP contribution in [0.25, 0.3) is 0 Å². The predicted molar refractivity (Wildman–Crippen MR) is 101 cm³/mol. The molecule has 1 aliphatic rings. The minimum absolute atomic E-state index is 0.0584. The number of hydrogen-bond acceptors (Lipinski definition) is 7. The van der Waals surface area contributed by atoms with Crippen molar-refractivity contribution in [1.82, 2.24) is 10.6 Å². The van der Waals surface area contributed by atoms with Gasteiger partial charge in [-0.2, -0.15) is 0 Å². The SMILES string of the molecule is Cc1cccc(C(=O)OCC(=O)NC(=O)NCC2COc3ccccc3O2)c1O. The summed E-state index contributed by atoms with van der Waals surface area (Å²) in [5.74, 6) is -0.688. The number of imide groups is 1. The third-order valence-corrected chi connectivity index (χ3v) is 4.10. The number of aryl methyl sites for hydroxylation is 1. The first-order valence-electron chi connectivity index (χ1n) is 8.86. The number of carbonyl (C=O) groups excluding carboxylic acids is 3. The molecule has 0 aromatic heterocycles. The summed E-state index contributed by atoms with van der Waals surface area (Å²) in [6.07, 6.45) is -0.409. The van der Waals surface area contributed by atoms with Gasteiger partial charge in [0.05, 0.1) is 6.54 Å². The number of fused-ring (bicyclic) bond motifs is 1. The highest BCUT2D eigenvalue weighted by molar-refractivity contribution is 5.97. The summed E-state index contributed by atoms with van der Waals surface area (Å²) in [5.41, 5.74) is 0.441. The molecule has 29 heavy (non-hydrogen) atoms. The maximum Gasteiger partial charge on any atom is 0.342 e. The van der Waals surface area contributed by atoms with Crippen molar-refractivity contribution in [3.8, 4) is 17.2 Å². The Morgan fingerprint density at radius 2 is 1.90 bits per heavy atom. The Kier molecular flexibility index (Phi) is 6.18. The molecule has 0 saturated heterocycles. The van der Waals surface area contributed by atoms with E-state index in [4.69, 9.17) is 14.2 Å². The summed E-state index contributed by atoms with van der Waals surface area (Å²) >= 11 is 0. The Morgan fingerprint density at radius 1 is 1.14 bits per heavy atom. The van der Waals surface area contributed by atoms with Crippen LogP contribution in [0.4, 0.5) is 4.79 Å². The van der Waals surface area contributed by atoms with E-state index in [1.807, 2.05) is 11.4 Å². The summed E-state index contributed by atoms with van der Waals surface area (Å²) in [4.78, 5) is 35.6. The number of rotatable bonds is 5. The van der Waals surface area contributed by atoms with Crippen molar-refractivity contribution in [2.45, 2.75) is 13.0 Å². The number of nitrogens with one attached hydrogen (secondary N) is 2. The van der Waals surface area contributed by atoms with Crippen LogP contribution < -0.4 is 20.1 Å². The molecule has 2 aromatic carbocycles. The van der Waals surface area contributed by atoms with Crippen molar-refractivity contribution in [1.29, 1.82) is 0 Å². The molecule has 1 heterocycles. The van der Waals surface area contributed by atoms with Crippen LogP contribution in [-0.2, 0) is 9.53 Å². The molecule has 0 saturated carbocycles. The van der Waals surface area contributed by atoms with E-state index in [9.17, 15) is 19.5 Å². The second kappa shape index (κ2) is 8.96. The van der Waals surface area contributed by atoms with Gasteiger partial charge in [0.25, 0.3) is 5.91 Å². The monoisotopic (exact) mass is 400 g/mol. The molecule has 0 radical (unpaired) electrons. The maximum atomic E-state index is 11.9. The number of hydrogen-bond donors (Lipinski definition) is 3. The van der Waals surface area contributed by atoms with Crippen molar-refractivity contribution in [3.63, 3.8) is 0 Å². The second-order valence-electron chi connectivity index (χ2n) is 6.30. The molecular formula is C20H20N2O7. The second-order valence-corrected chi connectivity index (χ2v) is 6.30. The van der Waals surface area contributed by atoms with Gasteiger partial charge >= 0.3 is 12.0 Å². The molecule has 0 spiro atoms. The van der Waals surface area contributed by atoms with Gasteiger partial charge in [0.2, 0.25) is 0 Å². The maximum absolute atomic E-state index is 11.9. The van der Waals surface area contributed by atoms with Crippen molar-refractivity contribution >= 4 is 17.9 Å². The summed E-state index contributed by atoms with van der Waals surface area (Å²) in [6.45, 7) is 1.33. The average Bonchev–Trinajstić information content (AvgIpc) is 2.72. The lowest BCUT2D eigenvalue weighted by atomic mass is 10.1. The molecule has 0 aliphatic carbocycles. The molecule has 0 fully saturated rings. The molecule has 1 aliphatic heterocycles. The highest BCUT2D eigenvalue weighted by Gasteiger charge is 2.22. The van der Waals surface area contributed by atoms with E-state index in [1.165, 1.54) is 6.07 Å². The quantitative estimate of drug-likeness (QED) is 0.650. The third kappa shape index (κ3) is 5.16. The Hall–Kier alpha value is -3.75. The number of urea groups is 1. The lowest BCUT2D eigenvalue weighted by Crippen LogP contribution is -2.46. The Labute approximate surface area is 166 Å². The Balaban J connectivity index is 1.40. The number of carbonyl (C=O) groups is 3. The van der Waals surface area contributed by atoms with Crippen LogP contribution in [-0.4, -0.2) is 48.9 Å². The molecule has 9 nitrogen and oxygen atoms in total. The van der Waals surface area contributed by atoms with Crippen molar-refractivity contribution in [2.75, 3.05) is 19.8 Å². The minimum Gasteiger partial charge on any atom is -0.507 e. The van der Waals surface area contributed by atoms with Crippen LogP contribution in [0.5, 0.6) is 17.2 Å². The van der Waals surface area contributed by atoms with E-state index < -0.39 is 30.6 Å². The number of esters is 1. The molecule has 152 valence electrons. The smallest absolute Gasteiger partial charge is 0.342 e. The van der Waals surface area contributed by atoms with E-state index in [2.05, 4.69) is 5.32 Å². The van der Waals surface area contributed by atoms with Gasteiger partial charge in [0.1, 0.15) is 17.9 Å². The van der Waals surface area contributed by atoms with Crippen LogP contribution >= 0.6 is 0 Å². The van der Waals surface area contributed by atoms with Gasteiger partial charge in [-0.1, -0.05) is 24.3 Å². The largest absolute Gasteiger partial charge is 0.507 e. The molecule has 9 heteroatoms. The number of benzene rings is 2. The molecular weight excluding hydrogens is 380 g/mol. The fourth-order valence-electron chi connectivity index (χ4n) is 2.61. The summed E-state index contributed by atoms with van der Waals surface area (Å²) < 4.78 is 16.0. The van der Waals surface area contributed by atoms with Crippen molar-refractivity contribution < 1.29 is 33.7 Å². The minimum atomic E-state index is -0.867. The van der Waals surface area contributed by atoms with Gasteiger partial charge in [0.15, 0.2) is 24.2 Å². The van der Waals surface area contributed by atoms with E-state index in [0.29, 0.717) is 17.1 Å². The third-order valence-electron chi connectivity index (χ3n) is 4.10. The highest BCUT2D eigenvalue weighted by atomic mass is 16.6. The van der Waals surface area contributed by atoms with Crippen molar-refractivity contribution in [3.05, 3.63) is 53.6 Å². The van der Waals surface area contributed by atoms with Crippen LogP contribution in [0.15, 0.2) is 42.5 Å². The number of amides is 3. The molecule has 3 amide bonds. The fourth-order valence-corrected chi connectivity index (χ4v) is 2.61. The van der Waals surface area contributed by atoms with Gasteiger partial charge < -0.3 is 24.6 Å². The first-order valence-corrected chi connectivity index (χ1v) is 8.86. The average molecular weight is 400 g/mol. The van der Waals surface area contributed by atoms with Crippen LogP contribution in [0.2, 0.25) is 0 Å². The number of aromatic hydroxyl groups is 1. The van der Waals surface area contributed by atoms with Crippen molar-refractivity contribution in [2.24, 2.45) is 0 Å². The zero-order valence-corrected chi connectivity index (χ0v) is 15.6. The predicted octanol–water partition coefficient (Wildman–Crippen LogP) is 1.52. The topological polar surface area (TPSA) is 123 Å². The van der Waals surface area contributed by atoms with Crippen LogP contribution in [0.3, 0.4) is 0 Å². The van der Waals surface area contributed by atoms with Gasteiger partial charge in [0, 0.05) is 0 Å². The first kappa shape index (κ1) is 20.0. The lowest BCUT2D eigenvalue weighted by molar-refractivity contribution is -0.123. The number of phenols is 1. The number of ether oxygens (including phenoxy) is 3. The van der Waals surface area contributed by atoms with Crippen LogP contribution in [0, 0.1) is 6.92 Å². The molecule has 3 N–H and O–H groups in total. The van der Waals surface area contributed by atoms with Gasteiger partial charge in [-0.15, -0.1) is 0 Å². The normalized spacial score (nSPS) is 14.6. The highest BCUT2D eigenvalue weighted by Crippen LogP contribution is 2.30. The van der Waals surface area contributed by atoms with E-state index >= 15 is 0 Å². The first-order chi connectivity index (χ1) is 13.9. The lowest BCUT2D eigenvalue weighted by Gasteiger charge is -2.26.